The standard InChI is InChI=1S/C10H13NO2/c1-7(2)9-5-8(11-6-12)3-4-10(9)13/h3-7,13H,1-2H3,(H,11,12). The number of rotatable bonds is 3. The van der Waals surface area contributed by atoms with Gasteiger partial charge in [-0.15, -0.1) is 0 Å². The molecular weight excluding hydrogens is 166 g/mol. The van der Waals surface area contributed by atoms with E-state index in [1.54, 1.807) is 18.2 Å². The number of anilines is 1. The predicted molar refractivity (Wildman–Crippen MR) is 51.9 cm³/mol. The lowest BCUT2D eigenvalue weighted by Gasteiger charge is -2.09. The van der Waals surface area contributed by atoms with Gasteiger partial charge in [0.2, 0.25) is 6.41 Å². The van der Waals surface area contributed by atoms with Gasteiger partial charge in [0, 0.05) is 5.69 Å². The number of hydrogen-bond acceptors (Lipinski definition) is 2. The van der Waals surface area contributed by atoms with Crippen molar-refractivity contribution in [3.63, 3.8) is 0 Å². The molecule has 0 aromatic heterocycles. The molecule has 0 aliphatic rings. The molecule has 1 aromatic rings. The maximum atomic E-state index is 10.2. The van der Waals surface area contributed by atoms with Crippen LogP contribution in [0.3, 0.4) is 0 Å². The fourth-order valence-corrected chi connectivity index (χ4v) is 1.17. The number of carbonyl (C=O) groups excluding carboxylic acids is 1. The normalized spacial score (nSPS) is 10.1. The summed E-state index contributed by atoms with van der Waals surface area (Å²) < 4.78 is 0. The molecule has 70 valence electrons. The van der Waals surface area contributed by atoms with Gasteiger partial charge in [-0.25, -0.2) is 0 Å². The molecule has 0 bridgehead atoms. The number of nitrogens with one attached hydrogen (secondary N) is 1. The van der Waals surface area contributed by atoms with Crippen molar-refractivity contribution in [3.05, 3.63) is 23.8 Å². The molecule has 0 saturated carbocycles. The Morgan fingerprint density at radius 1 is 1.46 bits per heavy atom. The molecule has 1 aromatic carbocycles. The predicted octanol–water partition coefficient (Wildman–Crippen LogP) is 2.08. The number of aromatic hydroxyl groups is 1. The highest BCUT2D eigenvalue weighted by Crippen LogP contribution is 2.27. The zero-order chi connectivity index (χ0) is 9.84. The molecule has 0 aliphatic carbocycles. The highest BCUT2D eigenvalue weighted by atomic mass is 16.3. The van der Waals surface area contributed by atoms with E-state index in [1.807, 2.05) is 13.8 Å². The largest absolute Gasteiger partial charge is 0.508 e. The highest BCUT2D eigenvalue weighted by molar-refractivity contribution is 5.72. The first kappa shape index (κ1) is 9.58. The third kappa shape index (κ3) is 2.21. The van der Waals surface area contributed by atoms with Crippen LogP contribution in [0.1, 0.15) is 25.3 Å². The van der Waals surface area contributed by atoms with Crippen LogP contribution in [0.25, 0.3) is 0 Å². The van der Waals surface area contributed by atoms with Crippen LogP contribution in [0.5, 0.6) is 5.75 Å². The van der Waals surface area contributed by atoms with E-state index in [9.17, 15) is 9.90 Å². The Morgan fingerprint density at radius 2 is 2.15 bits per heavy atom. The van der Waals surface area contributed by atoms with E-state index < -0.39 is 0 Å². The lowest BCUT2D eigenvalue weighted by Crippen LogP contribution is -1.96. The Kier molecular flexibility index (Phi) is 2.90. The summed E-state index contributed by atoms with van der Waals surface area (Å²) in [4.78, 5) is 10.2. The Balaban J connectivity index is 3.03. The van der Waals surface area contributed by atoms with Crippen molar-refractivity contribution in [1.82, 2.24) is 0 Å². The highest BCUT2D eigenvalue weighted by Gasteiger charge is 2.05. The van der Waals surface area contributed by atoms with Gasteiger partial charge in [0.25, 0.3) is 0 Å². The fraction of sp³-hybridized carbons (Fsp3) is 0.300. The number of phenolic OH excluding ortho intramolecular Hbond substituents is 1. The summed E-state index contributed by atoms with van der Waals surface area (Å²) in [5, 5.41) is 12.0. The number of amides is 1. The van der Waals surface area contributed by atoms with Crippen LogP contribution < -0.4 is 5.32 Å². The van der Waals surface area contributed by atoms with E-state index in [4.69, 9.17) is 0 Å². The molecule has 3 heteroatoms. The van der Waals surface area contributed by atoms with Crippen LogP contribution in [0.15, 0.2) is 18.2 Å². The molecule has 0 aliphatic heterocycles. The molecule has 0 atom stereocenters. The molecule has 3 nitrogen and oxygen atoms in total. The van der Waals surface area contributed by atoms with Crippen molar-refractivity contribution < 1.29 is 9.90 Å². The van der Waals surface area contributed by atoms with Crippen molar-refractivity contribution in [2.24, 2.45) is 0 Å². The molecule has 13 heavy (non-hydrogen) atoms. The summed E-state index contributed by atoms with van der Waals surface area (Å²) in [5.74, 6) is 0.514. The van der Waals surface area contributed by atoms with Gasteiger partial charge in [-0.2, -0.15) is 0 Å². The van der Waals surface area contributed by atoms with Crippen LogP contribution in [0.2, 0.25) is 0 Å². The molecule has 1 amide bonds. The number of benzene rings is 1. The summed E-state index contributed by atoms with van der Waals surface area (Å²) in [7, 11) is 0. The van der Waals surface area contributed by atoms with Crippen molar-refractivity contribution in [3.8, 4) is 5.75 Å². The SMILES string of the molecule is CC(C)c1cc(NC=O)ccc1O. The summed E-state index contributed by atoms with van der Waals surface area (Å²) >= 11 is 0. The molecule has 0 fully saturated rings. The van der Waals surface area contributed by atoms with Gasteiger partial charge in [0.15, 0.2) is 0 Å². The minimum absolute atomic E-state index is 0.244. The average molecular weight is 179 g/mol. The van der Waals surface area contributed by atoms with E-state index in [0.717, 1.165) is 5.56 Å². The Labute approximate surface area is 77.4 Å². The molecular formula is C10H13NO2. The maximum Gasteiger partial charge on any atom is 0.211 e. The number of phenols is 1. The van der Waals surface area contributed by atoms with Gasteiger partial charge in [-0.05, 0) is 29.7 Å². The summed E-state index contributed by atoms with van der Waals surface area (Å²) in [6.07, 6.45) is 0.622. The monoisotopic (exact) mass is 179 g/mol. The Morgan fingerprint density at radius 3 is 2.69 bits per heavy atom. The molecule has 0 heterocycles. The van der Waals surface area contributed by atoms with Crippen molar-refractivity contribution in [2.45, 2.75) is 19.8 Å². The first-order chi connectivity index (χ1) is 6.15. The second-order valence-corrected chi connectivity index (χ2v) is 3.19. The first-order valence-corrected chi connectivity index (χ1v) is 4.18. The van der Waals surface area contributed by atoms with Crippen molar-refractivity contribution in [2.75, 3.05) is 5.32 Å². The zero-order valence-electron chi connectivity index (χ0n) is 7.74. The van der Waals surface area contributed by atoms with E-state index in [0.29, 0.717) is 12.1 Å². The summed E-state index contributed by atoms with van der Waals surface area (Å²) in [6.45, 7) is 3.97. The summed E-state index contributed by atoms with van der Waals surface area (Å²) in [6, 6.07) is 5.02. The lowest BCUT2D eigenvalue weighted by atomic mass is 10.0. The van der Waals surface area contributed by atoms with Crippen molar-refractivity contribution in [1.29, 1.82) is 0 Å². The van der Waals surface area contributed by atoms with E-state index in [2.05, 4.69) is 5.32 Å². The topological polar surface area (TPSA) is 49.3 Å². The number of hydrogen-bond donors (Lipinski definition) is 2. The maximum absolute atomic E-state index is 10.2. The Hall–Kier alpha value is -1.51. The smallest absolute Gasteiger partial charge is 0.211 e. The third-order valence-electron chi connectivity index (χ3n) is 1.88. The molecule has 0 saturated heterocycles. The fourth-order valence-electron chi connectivity index (χ4n) is 1.17. The molecule has 2 N–H and O–H groups in total. The van der Waals surface area contributed by atoms with E-state index in [1.165, 1.54) is 0 Å². The van der Waals surface area contributed by atoms with E-state index >= 15 is 0 Å². The van der Waals surface area contributed by atoms with Gasteiger partial charge < -0.3 is 10.4 Å². The second-order valence-electron chi connectivity index (χ2n) is 3.19. The number of carbonyl (C=O) groups is 1. The van der Waals surface area contributed by atoms with Gasteiger partial charge in [-0.1, -0.05) is 13.8 Å². The van der Waals surface area contributed by atoms with Crippen LogP contribution in [-0.4, -0.2) is 11.5 Å². The van der Waals surface area contributed by atoms with Crippen LogP contribution in [-0.2, 0) is 4.79 Å². The van der Waals surface area contributed by atoms with Crippen molar-refractivity contribution >= 4 is 12.1 Å². The first-order valence-electron chi connectivity index (χ1n) is 4.18. The second kappa shape index (κ2) is 3.94. The lowest BCUT2D eigenvalue weighted by molar-refractivity contribution is -0.105. The third-order valence-corrected chi connectivity index (χ3v) is 1.88. The molecule has 1 rings (SSSR count). The molecule has 0 spiro atoms. The minimum atomic E-state index is 0.244. The van der Waals surface area contributed by atoms with Gasteiger partial charge in [-0.3, -0.25) is 4.79 Å². The van der Waals surface area contributed by atoms with Gasteiger partial charge >= 0.3 is 0 Å². The van der Waals surface area contributed by atoms with Crippen LogP contribution in [0.4, 0.5) is 5.69 Å². The molecule has 0 unspecified atom stereocenters. The zero-order valence-corrected chi connectivity index (χ0v) is 7.74. The van der Waals surface area contributed by atoms with Gasteiger partial charge in [0.05, 0.1) is 0 Å². The van der Waals surface area contributed by atoms with Gasteiger partial charge in [0.1, 0.15) is 5.75 Å². The quantitative estimate of drug-likeness (QED) is 0.551. The van der Waals surface area contributed by atoms with E-state index in [-0.39, 0.29) is 11.7 Å². The average Bonchev–Trinajstić information content (AvgIpc) is 2.08. The summed E-state index contributed by atoms with van der Waals surface area (Å²) in [5.41, 5.74) is 1.54. The van der Waals surface area contributed by atoms with Crippen LogP contribution in [0, 0.1) is 0 Å². The molecule has 0 radical (unpaired) electrons. The Bertz CT molecular complexity index is 308. The van der Waals surface area contributed by atoms with Crippen LogP contribution >= 0.6 is 0 Å². The minimum Gasteiger partial charge on any atom is -0.508 e.